The molecule has 1 fully saturated rings. The third kappa shape index (κ3) is 5.67. The van der Waals surface area contributed by atoms with E-state index < -0.39 is 10.0 Å². The predicted octanol–water partition coefficient (Wildman–Crippen LogP) is 5.64. The number of benzene rings is 3. The average Bonchev–Trinajstić information content (AvgIpc) is 3.54. The van der Waals surface area contributed by atoms with Gasteiger partial charge in [-0.25, -0.2) is 12.4 Å². The summed E-state index contributed by atoms with van der Waals surface area (Å²) in [7, 11) is -0.772. The molecule has 1 aliphatic rings. The number of aromatic nitrogens is 4. The SMILES string of the molecule is COc1ccc(OC)c(-n2c(SCC(=O)N3CCCCCC3)nnc2-c2cn(S(=O)(=O)c3ccccc3)c3ccccc23)c1. The van der Waals surface area contributed by atoms with Crippen LogP contribution in [0.4, 0.5) is 0 Å². The van der Waals surface area contributed by atoms with Crippen LogP contribution in [0.1, 0.15) is 25.7 Å². The molecule has 0 saturated carbocycles. The monoisotopic (exact) mass is 631 g/mol. The maximum Gasteiger partial charge on any atom is 0.268 e. The van der Waals surface area contributed by atoms with E-state index in [1.165, 1.54) is 15.7 Å². The third-order valence-corrected chi connectivity index (χ3v) is 10.4. The van der Waals surface area contributed by atoms with Gasteiger partial charge in [-0.15, -0.1) is 10.2 Å². The zero-order chi connectivity index (χ0) is 30.7. The van der Waals surface area contributed by atoms with Crippen molar-refractivity contribution in [3.8, 4) is 28.6 Å². The second-order valence-corrected chi connectivity index (χ2v) is 13.2. The van der Waals surface area contributed by atoms with Gasteiger partial charge < -0.3 is 14.4 Å². The summed E-state index contributed by atoms with van der Waals surface area (Å²) in [5.41, 5.74) is 1.66. The fourth-order valence-corrected chi connectivity index (χ4v) is 7.74. The largest absolute Gasteiger partial charge is 0.497 e. The highest BCUT2D eigenvalue weighted by atomic mass is 32.2. The number of fused-ring (bicyclic) bond motifs is 1. The molecule has 1 saturated heterocycles. The molecule has 0 radical (unpaired) electrons. The second kappa shape index (κ2) is 12.7. The normalized spacial score (nSPS) is 14.0. The Labute approximate surface area is 260 Å². The number of para-hydroxylation sites is 1. The Morgan fingerprint density at radius 2 is 1.61 bits per heavy atom. The highest BCUT2D eigenvalue weighted by molar-refractivity contribution is 7.99. The van der Waals surface area contributed by atoms with Gasteiger partial charge in [0.25, 0.3) is 10.0 Å². The fourth-order valence-electron chi connectivity index (χ4n) is 5.50. The number of hydrogen-bond donors (Lipinski definition) is 0. The molecule has 3 heterocycles. The van der Waals surface area contributed by atoms with Crippen LogP contribution in [-0.2, 0) is 14.8 Å². The van der Waals surface area contributed by atoms with Crippen molar-refractivity contribution in [2.45, 2.75) is 35.7 Å². The third-order valence-electron chi connectivity index (χ3n) is 7.76. The van der Waals surface area contributed by atoms with Gasteiger partial charge in [0.2, 0.25) is 5.91 Å². The van der Waals surface area contributed by atoms with E-state index in [1.54, 1.807) is 75.0 Å². The number of nitrogens with zero attached hydrogens (tertiary/aromatic N) is 5. The van der Waals surface area contributed by atoms with Gasteiger partial charge >= 0.3 is 0 Å². The molecule has 1 amide bonds. The van der Waals surface area contributed by atoms with E-state index in [0.717, 1.165) is 38.8 Å². The van der Waals surface area contributed by atoms with Gasteiger partial charge in [-0.1, -0.05) is 61.0 Å². The zero-order valence-electron chi connectivity index (χ0n) is 24.5. The predicted molar refractivity (Wildman–Crippen MR) is 170 cm³/mol. The van der Waals surface area contributed by atoms with Gasteiger partial charge in [0.15, 0.2) is 11.0 Å². The van der Waals surface area contributed by atoms with Crippen molar-refractivity contribution in [2.24, 2.45) is 0 Å². The number of rotatable bonds is 9. The summed E-state index contributed by atoms with van der Waals surface area (Å²) in [6, 6.07) is 21.0. The lowest BCUT2D eigenvalue weighted by Gasteiger charge is -2.20. The molecular formula is C32H33N5O5S2. The topological polar surface area (TPSA) is 109 Å². The summed E-state index contributed by atoms with van der Waals surface area (Å²) >= 11 is 1.29. The van der Waals surface area contributed by atoms with Crippen LogP contribution in [0, 0.1) is 0 Å². The Kier molecular flexibility index (Phi) is 8.62. The Bertz CT molecular complexity index is 1890. The lowest BCUT2D eigenvalue weighted by Crippen LogP contribution is -2.33. The molecule has 0 N–H and O–H groups in total. The average molecular weight is 632 g/mol. The van der Waals surface area contributed by atoms with Crippen LogP contribution < -0.4 is 9.47 Å². The van der Waals surface area contributed by atoms with Gasteiger partial charge in [0.1, 0.15) is 11.5 Å². The van der Waals surface area contributed by atoms with Crippen molar-refractivity contribution in [2.75, 3.05) is 33.1 Å². The summed E-state index contributed by atoms with van der Waals surface area (Å²) in [6.07, 6.45) is 5.87. The van der Waals surface area contributed by atoms with Crippen LogP contribution in [0.25, 0.3) is 28.0 Å². The first-order chi connectivity index (χ1) is 21.4. The van der Waals surface area contributed by atoms with Crippen molar-refractivity contribution in [1.82, 2.24) is 23.6 Å². The van der Waals surface area contributed by atoms with Gasteiger partial charge in [0, 0.05) is 36.3 Å². The summed E-state index contributed by atoms with van der Waals surface area (Å²) < 4.78 is 42.0. The van der Waals surface area contributed by atoms with Crippen LogP contribution in [0.3, 0.4) is 0 Å². The number of likely N-dealkylation sites (tertiary alicyclic amines) is 1. The van der Waals surface area contributed by atoms with Crippen LogP contribution in [0.2, 0.25) is 0 Å². The Hall–Kier alpha value is -4.29. The van der Waals surface area contributed by atoms with Crippen LogP contribution in [0.5, 0.6) is 11.5 Å². The molecule has 3 aromatic carbocycles. The quantitative estimate of drug-likeness (QED) is 0.193. The number of ether oxygens (including phenoxy) is 2. The van der Waals surface area contributed by atoms with E-state index in [4.69, 9.17) is 9.47 Å². The van der Waals surface area contributed by atoms with Crippen molar-refractivity contribution in [3.05, 3.63) is 79.0 Å². The molecule has 2 aromatic heterocycles. The van der Waals surface area contributed by atoms with Gasteiger partial charge in [0.05, 0.1) is 36.1 Å². The van der Waals surface area contributed by atoms with Crippen molar-refractivity contribution < 1.29 is 22.7 Å². The van der Waals surface area contributed by atoms with Crippen LogP contribution >= 0.6 is 11.8 Å². The molecule has 6 rings (SSSR count). The van der Waals surface area contributed by atoms with Gasteiger partial charge in [-0.2, -0.15) is 0 Å². The zero-order valence-corrected chi connectivity index (χ0v) is 26.2. The molecule has 10 nitrogen and oxygen atoms in total. The molecule has 1 aliphatic heterocycles. The number of carbonyl (C=O) groups is 1. The van der Waals surface area contributed by atoms with Gasteiger partial charge in [-0.3, -0.25) is 9.36 Å². The minimum absolute atomic E-state index is 0.0520. The molecule has 0 spiro atoms. The molecule has 228 valence electrons. The molecule has 0 aliphatic carbocycles. The first-order valence-corrected chi connectivity index (χ1v) is 16.8. The summed E-state index contributed by atoms with van der Waals surface area (Å²) in [5.74, 6) is 1.77. The number of amides is 1. The highest BCUT2D eigenvalue weighted by Crippen LogP contribution is 2.38. The lowest BCUT2D eigenvalue weighted by atomic mass is 10.1. The standard InChI is InChI=1S/C32H33N5O5S2/c1-41-23-16-17-29(42-2)28(20-23)37-31(33-34-32(37)43-22-30(38)35-18-10-3-4-11-19-35)26-21-36(27-15-9-8-14-25(26)27)44(39,40)24-12-6-5-7-13-24/h5-9,12-17,20-21H,3-4,10-11,18-19,22H2,1-2H3. The van der Waals surface area contributed by atoms with E-state index in [9.17, 15) is 13.2 Å². The molecule has 0 atom stereocenters. The minimum Gasteiger partial charge on any atom is -0.497 e. The van der Waals surface area contributed by atoms with Crippen molar-refractivity contribution in [1.29, 1.82) is 0 Å². The smallest absolute Gasteiger partial charge is 0.268 e. The van der Waals surface area contributed by atoms with Crippen molar-refractivity contribution >= 4 is 38.6 Å². The maximum absolute atomic E-state index is 13.8. The molecular weight excluding hydrogens is 599 g/mol. The Morgan fingerprint density at radius 1 is 0.886 bits per heavy atom. The number of methoxy groups -OCH3 is 2. The molecule has 0 unspecified atom stereocenters. The van der Waals surface area contributed by atoms with E-state index in [2.05, 4.69) is 10.2 Å². The number of hydrogen-bond acceptors (Lipinski definition) is 8. The number of thioether (sulfide) groups is 1. The fraction of sp³-hybridized carbons (Fsp3) is 0.281. The van der Waals surface area contributed by atoms with E-state index in [-0.39, 0.29) is 16.6 Å². The van der Waals surface area contributed by atoms with Gasteiger partial charge in [-0.05, 0) is 43.2 Å². The molecule has 12 heteroatoms. The summed E-state index contributed by atoms with van der Waals surface area (Å²) in [5, 5.41) is 10.3. The molecule has 5 aromatic rings. The first kappa shape index (κ1) is 29.8. The second-order valence-electron chi connectivity index (χ2n) is 10.4. The van der Waals surface area contributed by atoms with Crippen molar-refractivity contribution in [3.63, 3.8) is 0 Å². The highest BCUT2D eigenvalue weighted by Gasteiger charge is 2.27. The van der Waals surface area contributed by atoms with Crippen LogP contribution in [0.15, 0.2) is 89.0 Å². The lowest BCUT2D eigenvalue weighted by molar-refractivity contribution is -0.128. The summed E-state index contributed by atoms with van der Waals surface area (Å²) in [6.45, 7) is 1.52. The van der Waals surface area contributed by atoms with E-state index in [1.807, 2.05) is 27.7 Å². The number of carbonyl (C=O) groups excluding carboxylic acids is 1. The van der Waals surface area contributed by atoms with E-state index in [0.29, 0.717) is 44.6 Å². The minimum atomic E-state index is -3.92. The summed E-state index contributed by atoms with van der Waals surface area (Å²) in [4.78, 5) is 15.3. The Morgan fingerprint density at radius 3 is 2.34 bits per heavy atom. The van der Waals surface area contributed by atoms with Crippen LogP contribution in [-0.4, -0.2) is 71.0 Å². The molecule has 0 bridgehead atoms. The first-order valence-electron chi connectivity index (χ1n) is 14.4. The van der Waals surface area contributed by atoms with E-state index >= 15 is 0 Å². The molecule has 44 heavy (non-hydrogen) atoms. The maximum atomic E-state index is 13.8. The Balaban J connectivity index is 1.50.